The van der Waals surface area contributed by atoms with Crippen LogP contribution in [0.1, 0.15) is 34.8 Å². The number of benzene rings is 1. The van der Waals surface area contributed by atoms with E-state index in [2.05, 4.69) is 39.4 Å². The first-order valence-electron chi connectivity index (χ1n) is 8.44. The van der Waals surface area contributed by atoms with Crippen LogP contribution in [0.15, 0.2) is 30.3 Å². The van der Waals surface area contributed by atoms with E-state index in [0.717, 1.165) is 55.3 Å². The first-order chi connectivity index (χ1) is 11.2. The van der Waals surface area contributed by atoms with Gasteiger partial charge in [0.15, 0.2) is 0 Å². The molecule has 1 N–H and O–H groups in total. The highest BCUT2D eigenvalue weighted by Crippen LogP contribution is 2.25. The monoisotopic (exact) mass is 331 g/mol. The Bertz CT molecular complexity index is 593. The van der Waals surface area contributed by atoms with E-state index < -0.39 is 0 Å². The number of hydrogen-bond acceptors (Lipinski definition) is 5. The van der Waals surface area contributed by atoms with Gasteiger partial charge in [-0.1, -0.05) is 30.3 Å². The van der Waals surface area contributed by atoms with Crippen LogP contribution in [0.5, 0.6) is 0 Å². The SMILES string of the molecule is Cc1nnc(CN2CCC(C(O)CCc3ccccc3)CC2)s1. The minimum absolute atomic E-state index is 0.180. The van der Waals surface area contributed by atoms with Gasteiger partial charge < -0.3 is 5.11 Å². The fraction of sp³-hybridized carbons (Fsp3) is 0.556. The van der Waals surface area contributed by atoms with E-state index in [-0.39, 0.29) is 6.10 Å². The number of hydrogen-bond donors (Lipinski definition) is 1. The fourth-order valence-corrected chi connectivity index (χ4v) is 4.03. The topological polar surface area (TPSA) is 49.2 Å². The van der Waals surface area contributed by atoms with E-state index in [1.807, 2.05) is 13.0 Å². The number of likely N-dealkylation sites (tertiary alicyclic amines) is 1. The molecule has 0 saturated carbocycles. The van der Waals surface area contributed by atoms with E-state index in [0.29, 0.717) is 5.92 Å². The highest BCUT2D eigenvalue weighted by Gasteiger charge is 2.25. The Hall–Kier alpha value is -1.30. The van der Waals surface area contributed by atoms with Gasteiger partial charge in [-0.3, -0.25) is 4.90 Å². The van der Waals surface area contributed by atoms with E-state index in [4.69, 9.17) is 0 Å². The lowest BCUT2D eigenvalue weighted by molar-refractivity contribution is 0.0519. The van der Waals surface area contributed by atoms with Crippen LogP contribution in [0.3, 0.4) is 0 Å². The largest absolute Gasteiger partial charge is 0.393 e. The molecule has 4 nitrogen and oxygen atoms in total. The molecule has 5 heteroatoms. The van der Waals surface area contributed by atoms with Crippen LogP contribution < -0.4 is 0 Å². The van der Waals surface area contributed by atoms with E-state index >= 15 is 0 Å². The average Bonchev–Trinajstić information content (AvgIpc) is 2.99. The third-order valence-corrected chi connectivity index (χ3v) is 5.50. The molecule has 0 radical (unpaired) electrons. The van der Waals surface area contributed by atoms with Gasteiger partial charge in [-0.15, -0.1) is 21.5 Å². The van der Waals surface area contributed by atoms with Crippen molar-refractivity contribution in [3.63, 3.8) is 0 Å². The summed E-state index contributed by atoms with van der Waals surface area (Å²) in [5, 5.41) is 20.9. The molecule has 124 valence electrons. The second-order valence-corrected chi connectivity index (χ2v) is 7.69. The number of nitrogens with zero attached hydrogens (tertiary/aromatic N) is 3. The number of piperidine rings is 1. The Balaban J connectivity index is 1.41. The Morgan fingerprint density at radius 3 is 2.61 bits per heavy atom. The first-order valence-corrected chi connectivity index (χ1v) is 9.25. The van der Waals surface area contributed by atoms with Crippen molar-refractivity contribution in [1.29, 1.82) is 0 Å². The van der Waals surface area contributed by atoms with Gasteiger partial charge in [0.25, 0.3) is 0 Å². The highest BCUT2D eigenvalue weighted by atomic mass is 32.1. The van der Waals surface area contributed by atoms with Crippen molar-refractivity contribution in [3.05, 3.63) is 45.9 Å². The summed E-state index contributed by atoms with van der Waals surface area (Å²) in [7, 11) is 0. The summed E-state index contributed by atoms with van der Waals surface area (Å²) in [4.78, 5) is 2.43. The molecule has 2 aromatic rings. The third kappa shape index (κ3) is 4.83. The molecular weight excluding hydrogens is 306 g/mol. The molecule has 1 aliphatic rings. The van der Waals surface area contributed by atoms with E-state index in [1.54, 1.807) is 11.3 Å². The Morgan fingerprint density at radius 2 is 1.96 bits per heavy atom. The third-order valence-electron chi connectivity index (χ3n) is 4.67. The molecule has 1 aromatic carbocycles. The second-order valence-electron chi connectivity index (χ2n) is 6.42. The number of aliphatic hydroxyl groups is 1. The maximum absolute atomic E-state index is 10.5. The summed E-state index contributed by atoms with van der Waals surface area (Å²) in [5.74, 6) is 0.436. The maximum atomic E-state index is 10.5. The van der Waals surface area contributed by atoms with Crippen LogP contribution in [-0.4, -0.2) is 39.4 Å². The van der Waals surface area contributed by atoms with Crippen molar-refractivity contribution >= 4 is 11.3 Å². The van der Waals surface area contributed by atoms with Gasteiger partial charge in [-0.2, -0.15) is 0 Å². The standard InChI is InChI=1S/C18H25N3OS/c1-14-19-20-18(23-14)13-21-11-9-16(10-12-21)17(22)8-7-15-5-3-2-4-6-15/h2-6,16-17,22H,7-13H2,1H3. The zero-order valence-electron chi connectivity index (χ0n) is 13.7. The van der Waals surface area contributed by atoms with Gasteiger partial charge in [0.1, 0.15) is 10.0 Å². The summed E-state index contributed by atoms with van der Waals surface area (Å²) in [5.41, 5.74) is 1.32. The molecule has 1 aromatic heterocycles. The van der Waals surface area contributed by atoms with Gasteiger partial charge in [-0.25, -0.2) is 0 Å². The summed E-state index contributed by atoms with van der Waals surface area (Å²) in [6, 6.07) is 10.4. The molecule has 0 bridgehead atoms. The van der Waals surface area contributed by atoms with Gasteiger partial charge in [0.05, 0.1) is 12.6 Å². The zero-order chi connectivity index (χ0) is 16.1. The van der Waals surface area contributed by atoms with Crippen molar-refractivity contribution in [2.24, 2.45) is 5.92 Å². The van der Waals surface area contributed by atoms with Crippen molar-refractivity contribution in [1.82, 2.24) is 15.1 Å². The number of aryl methyl sites for hydroxylation is 2. The quantitative estimate of drug-likeness (QED) is 0.884. The molecule has 0 amide bonds. The van der Waals surface area contributed by atoms with Gasteiger partial charge in [-0.05, 0) is 57.2 Å². The molecule has 0 aliphatic carbocycles. The smallest absolute Gasteiger partial charge is 0.131 e. The fourth-order valence-electron chi connectivity index (χ4n) is 3.28. The van der Waals surface area contributed by atoms with Gasteiger partial charge in [0, 0.05) is 0 Å². The van der Waals surface area contributed by atoms with Crippen LogP contribution in [-0.2, 0) is 13.0 Å². The Kier molecular flexibility index (Phi) is 5.75. The molecule has 1 atom stereocenters. The zero-order valence-corrected chi connectivity index (χ0v) is 14.5. The van der Waals surface area contributed by atoms with Crippen molar-refractivity contribution in [3.8, 4) is 0 Å². The number of aliphatic hydroxyl groups excluding tert-OH is 1. The lowest BCUT2D eigenvalue weighted by Crippen LogP contribution is -2.37. The number of rotatable bonds is 6. The average molecular weight is 331 g/mol. The minimum atomic E-state index is -0.180. The van der Waals surface area contributed by atoms with Crippen molar-refractivity contribution in [2.75, 3.05) is 13.1 Å². The molecule has 1 unspecified atom stereocenters. The maximum Gasteiger partial charge on any atom is 0.131 e. The van der Waals surface area contributed by atoms with Crippen LogP contribution in [0, 0.1) is 12.8 Å². The molecule has 1 saturated heterocycles. The molecule has 1 aliphatic heterocycles. The van der Waals surface area contributed by atoms with Crippen molar-refractivity contribution < 1.29 is 5.11 Å². The second kappa shape index (κ2) is 7.99. The van der Waals surface area contributed by atoms with Crippen LogP contribution in [0.2, 0.25) is 0 Å². The van der Waals surface area contributed by atoms with E-state index in [9.17, 15) is 5.11 Å². The molecule has 1 fully saturated rings. The summed E-state index contributed by atoms with van der Waals surface area (Å²) >= 11 is 1.68. The van der Waals surface area contributed by atoms with Crippen molar-refractivity contribution in [2.45, 2.75) is 45.3 Å². The van der Waals surface area contributed by atoms with Crippen LogP contribution >= 0.6 is 11.3 Å². The molecule has 2 heterocycles. The van der Waals surface area contributed by atoms with Gasteiger partial charge in [0.2, 0.25) is 0 Å². The predicted molar refractivity (Wildman–Crippen MR) is 93.4 cm³/mol. The lowest BCUT2D eigenvalue weighted by atomic mass is 9.88. The Morgan fingerprint density at radius 1 is 1.22 bits per heavy atom. The summed E-state index contributed by atoms with van der Waals surface area (Å²) in [6.45, 7) is 4.99. The Labute approximate surface area is 142 Å². The highest BCUT2D eigenvalue weighted by molar-refractivity contribution is 7.11. The molecular formula is C18H25N3OS. The minimum Gasteiger partial charge on any atom is -0.393 e. The first kappa shape index (κ1) is 16.6. The molecule has 0 spiro atoms. The number of aromatic nitrogens is 2. The lowest BCUT2D eigenvalue weighted by Gasteiger charge is -2.33. The predicted octanol–water partition coefficient (Wildman–Crippen LogP) is 3.05. The van der Waals surface area contributed by atoms with Crippen LogP contribution in [0.4, 0.5) is 0 Å². The molecule has 23 heavy (non-hydrogen) atoms. The summed E-state index contributed by atoms with van der Waals surface area (Å²) < 4.78 is 0. The molecule has 3 rings (SSSR count). The van der Waals surface area contributed by atoms with E-state index in [1.165, 1.54) is 5.56 Å². The van der Waals surface area contributed by atoms with Gasteiger partial charge >= 0.3 is 0 Å². The van der Waals surface area contributed by atoms with Crippen LogP contribution in [0.25, 0.3) is 0 Å². The summed E-state index contributed by atoms with van der Waals surface area (Å²) in [6.07, 6.45) is 3.80. The normalized spacial score (nSPS) is 18.2.